The summed E-state index contributed by atoms with van der Waals surface area (Å²) in [5.41, 5.74) is 0.277. The Hall–Kier alpha value is -1.62. The van der Waals surface area contributed by atoms with Gasteiger partial charge in [0.25, 0.3) is 5.91 Å². The molecule has 1 aromatic heterocycles. The molecule has 1 amide bonds. The lowest BCUT2D eigenvalue weighted by Crippen LogP contribution is -2.45. The molecule has 0 aliphatic heterocycles. The quantitative estimate of drug-likeness (QED) is 0.790. The Labute approximate surface area is 143 Å². The van der Waals surface area contributed by atoms with Crippen molar-refractivity contribution in [3.63, 3.8) is 0 Å². The summed E-state index contributed by atoms with van der Waals surface area (Å²) in [7, 11) is 1.68. The summed E-state index contributed by atoms with van der Waals surface area (Å²) in [5, 5.41) is 2.90. The van der Waals surface area contributed by atoms with E-state index < -0.39 is 5.63 Å². The standard InChI is InChI=1S/C19H29NO4/c1-5-7-13(2)15-10-14(3)16(18(22)24-15)17(21)20-11-19(12-23-4)8-6-9-19/h10,13H,5-9,11-12H2,1-4H3,(H,20,21). The summed E-state index contributed by atoms with van der Waals surface area (Å²) >= 11 is 0. The van der Waals surface area contributed by atoms with Crippen LogP contribution in [-0.2, 0) is 4.74 Å². The van der Waals surface area contributed by atoms with Gasteiger partial charge in [0.1, 0.15) is 11.3 Å². The van der Waals surface area contributed by atoms with Crippen molar-refractivity contribution in [2.45, 2.75) is 58.8 Å². The van der Waals surface area contributed by atoms with E-state index in [1.807, 2.05) is 13.0 Å². The largest absolute Gasteiger partial charge is 0.427 e. The highest BCUT2D eigenvalue weighted by Crippen LogP contribution is 2.40. The molecule has 0 bridgehead atoms. The second-order valence-corrected chi connectivity index (χ2v) is 7.15. The molecule has 0 aromatic carbocycles. The molecule has 1 heterocycles. The molecule has 0 radical (unpaired) electrons. The molecule has 0 spiro atoms. The molecule has 0 saturated heterocycles. The minimum absolute atomic E-state index is 0.0219. The van der Waals surface area contributed by atoms with E-state index in [0.717, 1.165) is 32.1 Å². The van der Waals surface area contributed by atoms with Crippen molar-refractivity contribution in [3.8, 4) is 0 Å². The van der Waals surface area contributed by atoms with Crippen molar-refractivity contribution in [2.24, 2.45) is 5.41 Å². The highest BCUT2D eigenvalue weighted by Gasteiger charge is 2.37. The van der Waals surface area contributed by atoms with Gasteiger partial charge in [0.05, 0.1) is 6.61 Å². The zero-order valence-corrected chi connectivity index (χ0v) is 15.2. The molecule has 1 aliphatic rings. The lowest BCUT2D eigenvalue weighted by atomic mass is 9.69. The fraction of sp³-hybridized carbons (Fsp3) is 0.684. The molecule has 1 atom stereocenters. The second kappa shape index (κ2) is 7.97. The van der Waals surface area contributed by atoms with Crippen LogP contribution >= 0.6 is 0 Å². The van der Waals surface area contributed by atoms with E-state index >= 15 is 0 Å². The molecule has 134 valence electrons. The Morgan fingerprint density at radius 1 is 1.46 bits per heavy atom. The van der Waals surface area contributed by atoms with Gasteiger partial charge in [-0.25, -0.2) is 4.79 Å². The Kier molecular flexibility index (Phi) is 6.21. The van der Waals surface area contributed by atoms with Gasteiger partial charge in [-0.1, -0.05) is 26.7 Å². The zero-order valence-electron chi connectivity index (χ0n) is 15.2. The number of amides is 1. The van der Waals surface area contributed by atoms with E-state index in [9.17, 15) is 9.59 Å². The molecule has 5 heteroatoms. The summed E-state index contributed by atoms with van der Waals surface area (Å²) in [6.45, 7) is 7.09. The topological polar surface area (TPSA) is 68.5 Å². The summed E-state index contributed by atoms with van der Waals surface area (Å²) in [4.78, 5) is 24.8. The van der Waals surface area contributed by atoms with E-state index in [-0.39, 0.29) is 22.8 Å². The van der Waals surface area contributed by atoms with Gasteiger partial charge in [-0.05, 0) is 37.8 Å². The third-order valence-corrected chi connectivity index (χ3v) is 5.09. The van der Waals surface area contributed by atoms with Crippen molar-refractivity contribution >= 4 is 5.91 Å². The number of carbonyl (C=O) groups excluding carboxylic acids is 1. The minimum atomic E-state index is -0.542. The molecule has 24 heavy (non-hydrogen) atoms. The number of ether oxygens (including phenoxy) is 1. The van der Waals surface area contributed by atoms with Crippen LogP contribution in [0.15, 0.2) is 15.3 Å². The van der Waals surface area contributed by atoms with Crippen molar-refractivity contribution in [2.75, 3.05) is 20.3 Å². The fourth-order valence-electron chi connectivity index (χ4n) is 3.44. The van der Waals surface area contributed by atoms with Gasteiger partial charge in [-0.15, -0.1) is 0 Å². The van der Waals surface area contributed by atoms with Gasteiger partial charge in [0.15, 0.2) is 0 Å². The molecule has 1 fully saturated rings. The number of carbonyl (C=O) groups is 1. The SMILES string of the molecule is CCCC(C)c1cc(C)c(C(=O)NCC2(COC)CCC2)c(=O)o1. The summed E-state index contributed by atoms with van der Waals surface area (Å²) in [5.74, 6) is 0.488. The number of rotatable bonds is 8. The molecule has 1 unspecified atom stereocenters. The van der Waals surface area contributed by atoms with E-state index in [1.165, 1.54) is 0 Å². The van der Waals surface area contributed by atoms with Crippen LogP contribution in [-0.4, -0.2) is 26.2 Å². The molecule has 1 saturated carbocycles. The lowest BCUT2D eigenvalue weighted by molar-refractivity contribution is 0.0179. The highest BCUT2D eigenvalue weighted by molar-refractivity contribution is 5.95. The maximum atomic E-state index is 12.5. The smallest absolute Gasteiger partial charge is 0.349 e. The predicted octanol–water partition coefficient (Wildman–Crippen LogP) is 3.40. The summed E-state index contributed by atoms with van der Waals surface area (Å²) in [6.07, 6.45) is 5.22. The first-order valence-electron chi connectivity index (χ1n) is 8.84. The summed E-state index contributed by atoms with van der Waals surface area (Å²) in [6, 6.07) is 1.82. The van der Waals surface area contributed by atoms with E-state index in [1.54, 1.807) is 14.0 Å². The van der Waals surface area contributed by atoms with Gasteiger partial charge >= 0.3 is 5.63 Å². The molecule has 5 nitrogen and oxygen atoms in total. The van der Waals surface area contributed by atoms with Crippen LogP contribution in [0, 0.1) is 12.3 Å². The third-order valence-electron chi connectivity index (χ3n) is 5.09. The number of methoxy groups -OCH3 is 1. The molecule has 1 N–H and O–H groups in total. The van der Waals surface area contributed by atoms with Crippen LogP contribution in [0.2, 0.25) is 0 Å². The Morgan fingerprint density at radius 2 is 2.17 bits per heavy atom. The van der Waals surface area contributed by atoms with Crippen LogP contribution in [0.1, 0.15) is 73.6 Å². The molecular weight excluding hydrogens is 306 g/mol. The first kappa shape index (κ1) is 18.7. The molecule has 1 aliphatic carbocycles. The normalized spacial score (nSPS) is 17.2. The number of hydrogen-bond acceptors (Lipinski definition) is 4. The predicted molar refractivity (Wildman–Crippen MR) is 93.5 cm³/mol. The van der Waals surface area contributed by atoms with E-state index in [0.29, 0.717) is 24.5 Å². The van der Waals surface area contributed by atoms with E-state index in [2.05, 4.69) is 12.2 Å². The minimum Gasteiger partial charge on any atom is -0.427 e. The van der Waals surface area contributed by atoms with Gasteiger partial charge in [0, 0.05) is 25.0 Å². The number of aryl methyl sites for hydroxylation is 1. The monoisotopic (exact) mass is 335 g/mol. The maximum Gasteiger partial charge on any atom is 0.349 e. The average molecular weight is 335 g/mol. The van der Waals surface area contributed by atoms with Crippen LogP contribution in [0.4, 0.5) is 0 Å². The Balaban J connectivity index is 2.10. The van der Waals surface area contributed by atoms with Crippen molar-refractivity contribution in [1.29, 1.82) is 0 Å². The molecule has 2 rings (SSSR count). The molecule has 1 aromatic rings. The zero-order chi connectivity index (χ0) is 17.7. The van der Waals surface area contributed by atoms with Crippen LogP contribution < -0.4 is 10.9 Å². The van der Waals surface area contributed by atoms with Crippen molar-refractivity contribution in [3.05, 3.63) is 33.4 Å². The van der Waals surface area contributed by atoms with Crippen LogP contribution in [0.5, 0.6) is 0 Å². The second-order valence-electron chi connectivity index (χ2n) is 7.15. The maximum absolute atomic E-state index is 12.5. The number of hydrogen-bond donors (Lipinski definition) is 1. The Morgan fingerprint density at radius 3 is 2.67 bits per heavy atom. The van der Waals surface area contributed by atoms with Gasteiger partial charge in [0.2, 0.25) is 0 Å². The van der Waals surface area contributed by atoms with Crippen LogP contribution in [0.3, 0.4) is 0 Å². The first-order valence-corrected chi connectivity index (χ1v) is 8.84. The van der Waals surface area contributed by atoms with Gasteiger partial charge in [-0.2, -0.15) is 0 Å². The Bertz CT molecular complexity index is 631. The number of nitrogens with one attached hydrogen (secondary N) is 1. The molecular formula is C19H29NO4. The highest BCUT2D eigenvalue weighted by atomic mass is 16.5. The van der Waals surface area contributed by atoms with Gasteiger partial charge < -0.3 is 14.5 Å². The van der Waals surface area contributed by atoms with Crippen molar-refractivity contribution in [1.82, 2.24) is 5.32 Å². The first-order chi connectivity index (χ1) is 11.4. The third kappa shape index (κ3) is 4.07. The van der Waals surface area contributed by atoms with Crippen LogP contribution in [0.25, 0.3) is 0 Å². The van der Waals surface area contributed by atoms with E-state index in [4.69, 9.17) is 9.15 Å². The fourth-order valence-corrected chi connectivity index (χ4v) is 3.44. The van der Waals surface area contributed by atoms with Gasteiger partial charge in [-0.3, -0.25) is 4.79 Å². The van der Waals surface area contributed by atoms with Crippen molar-refractivity contribution < 1.29 is 13.9 Å². The lowest BCUT2D eigenvalue weighted by Gasteiger charge is -2.41. The summed E-state index contributed by atoms with van der Waals surface area (Å²) < 4.78 is 10.7. The average Bonchev–Trinajstić information content (AvgIpc) is 2.49.